The molecule has 0 aliphatic heterocycles. The lowest BCUT2D eigenvalue weighted by Crippen LogP contribution is -2.33. The summed E-state index contributed by atoms with van der Waals surface area (Å²) in [6.07, 6.45) is 4.32. The molecule has 0 aliphatic carbocycles. The van der Waals surface area contributed by atoms with Gasteiger partial charge in [0.1, 0.15) is 11.9 Å². The van der Waals surface area contributed by atoms with E-state index >= 15 is 0 Å². The smallest absolute Gasteiger partial charge is 0.220 e. The van der Waals surface area contributed by atoms with Gasteiger partial charge in [-0.2, -0.15) is 0 Å². The zero-order valence-electron chi connectivity index (χ0n) is 14.6. The molecular weight excluding hydrogens is 316 g/mol. The lowest BCUT2D eigenvalue weighted by Gasteiger charge is -2.16. The van der Waals surface area contributed by atoms with E-state index in [0.29, 0.717) is 25.0 Å². The number of aromatic amines is 1. The predicted molar refractivity (Wildman–Crippen MR) is 97.2 cm³/mol. The largest absolute Gasteiger partial charge is 0.467 e. The molecule has 0 fully saturated rings. The Labute approximate surface area is 147 Å². The third kappa shape index (κ3) is 4.31. The van der Waals surface area contributed by atoms with Crippen LogP contribution in [0.3, 0.4) is 0 Å². The zero-order valence-corrected chi connectivity index (χ0v) is 14.6. The van der Waals surface area contributed by atoms with Gasteiger partial charge in [0.15, 0.2) is 0 Å². The van der Waals surface area contributed by atoms with Gasteiger partial charge in [-0.3, -0.25) is 4.79 Å². The number of nitrogens with one attached hydrogen (secondary N) is 2. The molecule has 2 aromatic heterocycles. The number of rotatable bonds is 7. The lowest BCUT2D eigenvalue weighted by molar-refractivity contribution is -0.121. The SMILES string of the molecule is Cc1ccc2[nH]cc(CCC(=O)NC(C)CC(O)c3ccco3)c2c1. The second-order valence-corrected chi connectivity index (χ2v) is 6.60. The van der Waals surface area contributed by atoms with Gasteiger partial charge >= 0.3 is 0 Å². The van der Waals surface area contributed by atoms with E-state index in [1.54, 1.807) is 12.1 Å². The Morgan fingerprint density at radius 3 is 2.96 bits per heavy atom. The van der Waals surface area contributed by atoms with E-state index in [2.05, 4.69) is 35.4 Å². The number of aryl methyl sites for hydroxylation is 2. The molecule has 1 amide bonds. The minimum Gasteiger partial charge on any atom is -0.467 e. The molecule has 0 radical (unpaired) electrons. The normalized spacial score (nSPS) is 13.7. The first-order valence-electron chi connectivity index (χ1n) is 8.60. The Bertz CT molecular complexity index is 836. The van der Waals surface area contributed by atoms with E-state index < -0.39 is 6.10 Å². The first-order valence-corrected chi connectivity index (χ1v) is 8.60. The zero-order chi connectivity index (χ0) is 17.8. The highest BCUT2D eigenvalue weighted by atomic mass is 16.4. The maximum Gasteiger partial charge on any atom is 0.220 e. The van der Waals surface area contributed by atoms with Crippen molar-refractivity contribution in [3.05, 3.63) is 59.7 Å². The number of fused-ring (bicyclic) bond motifs is 1. The van der Waals surface area contributed by atoms with Crippen molar-refractivity contribution >= 4 is 16.8 Å². The van der Waals surface area contributed by atoms with E-state index in [0.717, 1.165) is 11.1 Å². The predicted octanol–water partition coefficient (Wildman–Crippen LogP) is 3.63. The Morgan fingerprint density at radius 2 is 2.20 bits per heavy atom. The first kappa shape index (κ1) is 17.3. The fourth-order valence-electron chi connectivity index (χ4n) is 3.09. The molecule has 5 heteroatoms. The van der Waals surface area contributed by atoms with E-state index in [1.807, 2.05) is 13.1 Å². The number of aromatic nitrogens is 1. The van der Waals surface area contributed by atoms with Gasteiger partial charge in [-0.25, -0.2) is 0 Å². The molecule has 5 nitrogen and oxygen atoms in total. The van der Waals surface area contributed by atoms with Crippen LogP contribution in [-0.2, 0) is 11.2 Å². The van der Waals surface area contributed by atoms with Gasteiger partial charge in [-0.1, -0.05) is 11.6 Å². The highest BCUT2D eigenvalue weighted by Crippen LogP contribution is 2.21. The minimum atomic E-state index is -0.707. The number of carbonyl (C=O) groups excluding carboxylic acids is 1. The van der Waals surface area contributed by atoms with Gasteiger partial charge in [0.2, 0.25) is 5.91 Å². The summed E-state index contributed by atoms with van der Waals surface area (Å²) in [5.74, 6) is 0.511. The van der Waals surface area contributed by atoms with Crippen LogP contribution in [0.4, 0.5) is 0 Å². The number of carbonyl (C=O) groups is 1. The quantitative estimate of drug-likeness (QED) is 0.614. The molecule has 0 saturated carbocycles. The van der Waals surface area contributed by atoms with Gasteiger partial charge in [0.05, 0.1) is 6.26 Å². The van der Waals surface area contributed by atoms with Gasteiger partial charge in [0.25, 0.3) is 0 Å². The number of aliphatic hydroxyl groups is 1. The Kier molecular flexibility index (Phi) is 5.24. The maximum absolute atomic E-state index is 12.2. The number of furan rings is 1. The van der Waals surface area contributed by atoms with Crippen molar-refractivity contribution in [3.8, 4) is 0 Å². The molecule has 3 rings (SSSR count). The van der Waals surface area contributed by atoms with E-state index in [4.69, 9.17) is 4.42 Å². The fraction of sp³-hybridized carbons (Fsp3) is 0.350. The highest BCUT2D eigenvalue weighted by molar-refractivity contribution is 5.84. The van der Waals surface area contributed by atoms with Crippen LogP contribution in [0.25, 0.3) is 10.9 Å². The first-order chi connectivity index (χ1) is 12.0. The second-order valence-electron chi connectivity index (χ2n) is 6.60. The number of amides is 1. The number of H-pyrrole nitrogens is 1. The van der Waals surface area contributed by atoms with Gasteiger partial charge in [-0.15, -0.1) is 0 Å². The van der Waals surface area contributed by atoms with Gasteiger partial charge in [0, 0.05) is 36.0 Å². The molecule has 1 aromatic carbocycles. The Hall–Kier alpha value is -2.53. The lowest BCUT2D eigenvalue weighted by atomic mass is 10.1. The highest BCUT2D eigenvalue weighted by Gasteiger charge is 2.16. The summed E-state index contributed by atoms with van der Waals surface area (Å²) >= 11 is 0. The molecule has 0 bridgehead atoms. The van der Waals surface area contributed by atoms with Crippen molar-refractivity contribution in [1.29, 1.82) is 0 Å². The molecule has 0 saturated heterocycles. The van der Waals surface area contributed by atoms with Crippen molar-refractivity contribution in [3.63, 3.8) is 0 Å². The second kappa shape index (κ2) is 7.57. The monoisotopic (exact) mass is 340 g/mol. The summed E-state index contributed by atoms with van der Waals surface area (Å²) in [6, 6.07) is 9.62. The number of aliphatic hydroxyl groups excluding tert-OH is 1. The number of hydrogen-bond donors (Lipinski definition) is 3. The molecule has 3 N–H and O–H groups in total. The summed E-state index contributed by atoms with van der Waals surface area (Å²) in [7, 11) is 0. The molecule has 3 aromatic rings. The average molecular weight is 340 g/mol. The molecule has 2 unspecified atom stereocenters. The van der Waals surface area contributed by atoms with Gasteiger partial charge in [-0.05, 0) is 50.1 Å². The van der Waals surface area contributed by atoms with Crippen LogP contribution in [0.2, 0.25) is 0 Å². The van der Waals surface area contributed by atoms with Crippen LogP contribution < -0.4 is 5.32 Å². The Balaban J connectivity index is 1.51. The van der Waals surface area contributed by atoms with Crippen molar-refractivity contribution in [2.75, 3.05) is 0 Å². The van der Waals surface area contributed by atoms with E-state index in [1.165, 1.54) is 17.2 Å². The van der Waals surface area contributed by atoms with E-state index in [9.17, 15) is 9.90 Å². The summed E-state index contributed by atoms with van der Waals surface area (Å²) < 4.78 is 5.18. The molecule has 2 heterocycles. The average Bonchev–Trinajstić information content (AvgIpc) is 3.22. The van der Waals surface area contributed by atoms with Crippen LogP contribution in [0, 0.1) is 6.92 Å². The summed E-state index contributed by atoms with van der Waals surface area (Å²) in [5, 5.41) is 14.2. The van der Waals surface area contributed by atoms with Crippen LogP contribution in [-0.4, -0.2) is 22.0 Å². The molecular formula is C20H24N2O3. The molecule has 0 aliphatic rings. The van der Waals surface area contributed by atoms with Crippen LogP contribution >= 0.6 is 0 Å². The van der Waals surface area contributed by atoms with Crippen molar-refractivity contribution in [1.82, 2.24) is 10.3 Å². The number of hydrogen-bond acceptors (Lipinski definition) is 3. The van der Waals surface area contributed by atoms with Gasteiger partial charge < -0.3 is 19.8 Å². The molecule has 132 valence electrons. The number of benzene rings is 1. The van der Waals surface area contributed by atoms with Crippen LogP contribution in [0.1, 0.15) is 42.8 Å². The van der Waals surface area contributed by atoms with Crippen molar-refractivity contribution in [2.45, 2.75) is 45.3 Å². The molecule has 0 spiro atoms. The van der Waals surface area contributed by atoms with Crippen LogP contribution in [0.5, 0.6) is 0 Å². The fourth-order valence-corrected chi connectivity index (χ4v) is 3.09. The van der Waals surface area contributed by atoms with Crippen molar-refractivity contribution < 1.29 is 14.3 Å². The maximum atomic E-state index is 12.2. The third-order valence-electron chi connectivity index (χ3n) is 4.40. The topological polar surface area (TPSA) is 78.3 Å². The third-order valence-corrected chi connectivity index (χ3v) is 4.40. The van der Waals surface area contributed by atoms with E-state index in [-0.39, 0.29) is 11.9 Å². The summed E-state index contributed by atoms with van der Waals surface area (Å²) in [5.41, 5.74) is 3.45. The minimum absolute atomic E-state index is 0.0128. The standard InChI is InChI=1S/C20H24N2O3/c1-13-5-7-17-16(10-13)15(12-21-17)6-8-20(24)22-14(2)11-18(23)19-4-3-9-25-19/h3-5,7,9-10,12,14,18,21,23H,6,8,11H2,1-2H3,(H,22,24). The molecule has 2 atom stereocenters. The molecule has 25 heavy (non-hydrogen) atoms. The Morgan fingerprint density at radius 1 is 1.36 bits per heavy atom. The summed E-state index contributed by atoms with van der Waals surface area (Å²) in [6.45, 7) is 3.95. The van der Waals surface area contributed by atoms with Crippen molar-refractivity contribution in [2.24, 2.45) is 0 Å². The van der Waals surface area contributed by atoms with Crippen LogP contribution in [0.15, 0.2) is 47.2 Å². The summed E-state index contributed by atoms with van der Waals surface area (Å²) in [4.78, 5) is 15.4.